The van der Waals surface area contributed by atoms with Gasteiger partial charge >= 0.3 is 0 Å². The number of nitrogens with two attached hydrogens (primary N) is 1. The van der Waals surface area contributed by atoms with Gasteiger partial charge in [-0.2, -0.15) is 4.68 Å². The van der Waals surface area contributed by atoms with E-state index in [1.165, 1.54) is 11.8 Å². The van der Waals surface area contributed by atoms with Crippen molar-refractivity contribution in [1.82, 2.24) is 15.0 Å². The molecule has 3 N–H and O–H groups in total. The fraction of sp³-hybridized carbons (Fsp3) is 0.118. The molecular weight excluding hydrogens is 342 g/mol. The van der Waals surface area contributed by atoms with Crippen molar-refractivity contribution in [1.29, 1.82) is 0 Å². The number of methoxy groups -OCH3 is 1. The van der Waals surface area contributed by atoms with E-state index in [2.05, 4.69) is 15.6 Å². The molecule has 0 spiro atoms. The number of aryl methyl sites for hydroxylation is 1. The molecule has 7 nitrogen and oxygen atoms in total. The highest BCUT2D eigenvalue weighted by Crippen LogP contribution is 2.27. The van der Waals surface area contributed by atoms with Crippen LogP contribution in [0.1, 0.15) is 16.1 Å². The number of benzene rings is 2. The lowest BCUT2D eigenvalue weighted by Crippen LogP contribution is -2.15. The van der Waals surface area contributed by atoms with Gasteiger partial charge in [0.1, 0.15) is 5.75 Å². The predicted molar refractivity (Wildman–Crippen MR) is 96.5 cm³/mol. The van der Waals surface area contributed by atoms with E-state index in [-0.39, 0.29) is 11.5 Å². The molecule has 0 radical (unpaired) electrons. The molecule has 0 saturated carbocycles. The Balaban J connectivity index is 1.85. The Morgan fingerprint density at radius 1 is 1.28 bits per heavy atom. The zero-order valence-electron chi connectivity index (χ0n) is 13.7. The van der Waals surface area contributed by atoms with Crippen LogP contribution in [0.25, 0.3) is 5.69 Å². The van der Waals surface area contributed by atoms with Crippen molar-refractivity contribution in [3.63, 3.8) is 0 Å². The second kappa shape index (κ2) is 6.82. The normalized spacial score (nSPS) is 10.5. The van der Waals surface area contributed by atoms with E-state index < -0.39 is 5.91 Å². The van der Waals surface area contributed by atoms with Crippen LogP contribution in [-0.4, -0.2) is 28.0 Å². The lowest BCUT2D eigenvalue weighted by Gasteiger charge is -2.07. The maximum Gasteiger partial charge on any atom is 0.280 e. The van der Waals surface area contributed by atoms with Crippen LogP contribution >= 0.6 is 11.6 Å². The molecule has 3 rings (SSSR count). The third kappa shape index (κ3) is 3.41. The summed E-state index contributed by atoms with van der Waals surface area (Å²) < 4.78 is 6.50. The Bertz CT molecular complexity index is 939. The van der Waals surface area contributed by atoms with Crippen LogP contribution in [0.15, 0.2) is 42.5 Å². The van der Waals surface area contributed by atoms with Gasteiger partial charge in [-0.1, -0.05) is 28.9 Å². The standard InChI is InChI=1S/C17H16ClN5O2/c1-10-4-3-5-12(8-10)23-16(19)15(21-22-23)17(24)20-11-6-7-14(25-2)13(18)9-11/h3-9H,19H2,1-2H3,(H,20,24). The highest BCUT2D eigenvalue weighted by Gasteiger charge is 2.19. The molecule has 1 aromatic heterocycles. The van der Waals surface area contributed by atoms with Crippen molar-refractivity contribution in [2.75, 3.05) is 18.2 Å². The van der Waals surface area contributed by atoms with Gasteiger partial charge in [-0.15, -0.1) is 5.10 Å². The van der Waals surface area contributed by atoms with Crippen LogP contribution < -0.4 is 15.8 Å². The van der Waals surface area contributed by atoms with Crippen molar-refractivity contribution >= 4 is 29.0 Å². The van der Waals surface area contributed by atoms with E-state index in [9.17, 15) is 4.79 Å². The van der Waals surface area contributed by atoms with Crippen LogP contribution in [0.3, 0.4) is 0 Å². The molecule has 128 valence electrons. The number of hydrogen-bond acceptors (Lipinski definition) is 5. The van der Waals surface area contributed by atoms with Gasteiger partial charge in [0.05, 0.1) is 17.8 Å². The first kappa shape index (κ1) is 16.8. The van der Waals surface area contributed by atoms with Gasteiger partial charge in [0.25, 0.3) is 5.91 Å². The minimum atomic E-state index is -0.474. The van der Waals surface area contributed by atoms with Gasteiger partial charge in [0, 0.05) is 5.69 Å². The van der Waals surface area contributed by atoms with Crippen molar-refractivity contribution in [2.24, 2.45) is 0 Å². The predicted octanol–water partition coefficient (Wildman–Crippen LogP) is 3.07. The van der Waals surface area contributed by atoms with E-state index in [1.54, 1.807) is 18.2 Å². The molecule has 0 bridgehead atoms. The summed E-state index contributed by atoms with van der Waals surface area (Å²) in [6, 6.07) is 12.5. The molecule has 1 heterocycles. The van der Waals surface area contributed by atoms with Crippen molar-refractivity contribution in [3.05, 3.63) is 58.7 Å². The number of nitrogens with zero attached hydrogens (tertiary/aromatic N) is 3. The van der Waals surface area contributed by atoms with Crippen molar-refractivity contribution in [3.8, 4) is 11.4 Å². The average Bonchev–Trinajstić information content (AvgIpc) is 2.96. The summed E-state index contributed by atoms with van der Waals surface area (Å²) in [6.45, 7) is 1.96. The summed E-state index contributed by atoms with van der Waals surface area (Å²) in [5.74, 6) is 0.199. The Kier molecular flexibility index (Phi) is 4.58. The van der Waals surface area contributed by atoms with Gasteiger partial charge in [0.15, 0.2) is 11.5 Å². The molecule has 0 atom stereocenters. The second-order valence-corrected chi connectivity index (χ2v) is 5.78. The van der Waals surface area contributed by atoms with Crippen LogP contribution in [0.5, 0.6) is 5.75 Å². The van der Waals surface area contributed by atoms with E-state index in [4.69, 9.17) is 22.1 Å². The number of carbonyl (C=O) groups excluding carboxylic acids is 1. The van der Waals surface area contributed by atoms with E-state index in [0.29, 0.717) is 16.5 Å². The Labute approximate surface area is 149 Å². The SMILES string of the molecule is COc1ccc(NC(=O)c2nnn(-c3cccc(C)c3)c2N)cc1Cl. The Morgan fingerprint density at radius 2 is 2.08 bits per heavy atom. The number of nitrogen functional groups attached to an aromatic ring is 1. The summed E-state index contributed by atoms with van der Waals surface area (Å²) >= 11 is 6.06. The molecule has 8 heteroatoms. The molecule has 0 aliphatic heterocycles. The number of anilines is 2. The topological polar surface area (TPSA) is 95.1 Å². The van der Waals surface area contributed by atoms with E-state index >= 15 is 0 Å². The number of rotatable bonds is 4. The van der Waals surface area contributed by atoms with Crippen LogP contribution in [-0.2, 0) is 0 Å². The van der Waals surface area contributed by atoms with Crippen LogP contribution in [0, 0.1) is 6.92 Å². The summed E-state index contributed by atoms with van der Waals surface area (Å²) in [5.41, 5.74) is 8.36. The minimum absolute atomic E-state index is 0.0356. The third-order valence-electron chi connectivity index (χ3n) is 3.58. The van der Waals surface area contributed by atoms with Gasteiger partial charge in [-0.05, 0) is 42.8 Å². The average molecular weight is 358 g/mol. The minimum Gasteiger partial charge on any atom is -0.495 e. The monoisotopic (exact) mass is 357 g/mol. The van der Waals surface area contributed by atoms with Gasteiger partial charge < -0.3 is 15.8 Å². The quantitative estimate of drug-likeness (QED) is 0.748. The molecule has 0 aliphatic carbocycles. The van der Waals surface area contributed by atoms with Gasteiger partial charge in [-0.3, -0.25) is 4.79 Å². The highest BCUT2D eigenvalue weighted by molar-refractivity contribution is 6.32. The molecule has 0 fully saturated rings. The van der Waals surface area contributed by atoms with Gasteiger partial charge in [-0.25, -0.2) is 0 Å². The van der Waals surface area contributed by atoms with Gasteiger partial charge in [0.2, 0.25) is 0 Å². The smallest absolute Gasteiger partial charge is 0.280 e. The highest BCUT2D eigenvalue weighted by atomic mass is 35.5. The number of amides is 1. The second-order valence-electron chi connectivity index (χ2n) is 5.38. The first-order valence-corrected chi connectivity index (χ1v) is 7.80. The van der Waals surface area contributed by atoms with Crippen LogP contribution in [0.2, 0.25) is 5.02 Å². The molecule has 0 saturated heterocycles. The summed E-state index contributed by atoms with van der Waals surface area (Å²) in [4.78, 5) is 12.4. The lowest BCUT2D eigenvalue weighted by molar-refractivity contribution is 0.102. The number of carbonyl (C=O) groups is 1. The summed E-state index contributed by atoms with van der Waals surface area (Å²) in [5, 5.41) is 10.9. The van der Waals surface area contributed by atoms with Crippen molar-refractivity contribution in [2.45, 2.75) is 6.92 Å². The molecule has 1 amide bonds. The number of nitrogens with one attached hydrogen (secondary N) is 1. The first-order chi connectivity index (χ1) is 12.0. The number of halogens is 1. The summed E-state index contributed by atoms with van der Waals surface area (Å²) in [6.07, 6.45) is 0. The largest absolute Gasteiger partial charge is 0.495 e. The maximum absolute atomic E-state index is 12.4. The molecule has 0 aliphatic rings. The first-order valence-electron chi connectivity index (χ1n) is 7.42. The molecule has 2 aromatic carbocycles. The van der Waals surface area contributed by atoms with E-state index in [1.807, 2.05) is 31.2 Å². The zero-order chi connectivity index (χ0) is 18.0. The summed E-state index contributed by atoms with van der Waals surface area (Å²) in [7, 11) is 1.52. The molecule has 0 unspecified atom stereocenters. The lowest BCUT2D eigenvalue weighted by atomic mass is 10.2. The fourth-order valence-electron chi connectivity index (χ4n) is 2.34. The molecular formula is C17H16ClN5O2. The number of aromatic nitrogens is 3. The number of ether oxygens (including phenoxy) is 1. The maximum atomic E-state index is 12.4. The zero-order valence-corrected chi connectivity index (χ0v) is 14.4. The third-order valence-corrected chi connectivity index (χ3v) is 3.87. The van der Waals surface area contributed by atoms with E-state index in [0.717, 1.165) is 11.3 Å². The molecule has 25 heavy (non-hydrogen) atoms. The Morgan fingerprint density at radius 3 is 2.76 bits per heavy atom. The van der Waals surface area contributed by atoms with Crippen molar-refractivity contribution < 1.29 is 9.53 Å². The van der Waals surface area contributed by atoms with Crippen LogP contribution in [0.4, 0.5) is 11.5 Å². The number of hydrogen-bond donors (Lipinski definition) is 2. The Hall–Kier alpha value is -3.06. The molecule has 3 aromatic rings. The fourth-order valence-corrected chi connectivity index (χ4v) is 2.59.